The Balaban J connectivity index is 2.86. The maximum Gasteiger partial charge on any atom is 0.329 e. The number of aliphatic carboxylic acids is 1. The summed E-state index contributed by atoms with van der Waals surface area (Å²) in [6, 6.07) is 0. The number of carboxylic acid groups (broad SMARTS) is 1. The molecular formula is C7H6ClFO2. The van der Waals surface area contributed by atoms with E-state index in [0.29, 0.717) is 0 Å². The monoisotopic (exact) mass is 176 g/mol. The number of halogens is 2. The lowest BCUT2D eigenvalue weighted by atomic mass is 9.99. The standard InChI is InChI=1S/C7H6ClFO2/c8-7(6(10)11)3-1-2-5(9)4-7/h1-3H,4H2,(H,10,11). The molecule has 1 rings (SSSR count). The summed E-state index contributed by atoms with van der Waals surface area (Å²) < 4.78 is 12.5. The molecular weight excluding hydrogens is 171 g/mol. The van der Waals surface area contributed by atoms with Crippen LogP contribution >= 0.6 is 11.6 Å². The molecule has 0 fully saturated rings. The molecule has 0 saturated heterocycles. The van der Waals surface area contributed by atoms with Crippen LogP contribution in [-0.2, 0) is 4.79 Å². The van der Waals surface area contributed by atoms with Crippen LogP contribution in [0.15, 0.2) is 24.1 Å². The van der Waals surface area contributed by atoms with Crippen molar-refractivity contribution >= 4 is 17.6 Å². The largest absolute Gasteiger partial charge is 0.480 e. The van der Waals surface area contributed by atoms with Gasteiger partial charge in [-0.3, -0.25) is 0 Å². The Morgan fingerprint density at radius 3 is 2.82 bits per heavy atom. The maximum absolute atomic E-state index is 12.5. The second kappa shape index (κ2) is 2.66. The second-order valence-corrected chi connectivity index (χ2v) is 2.99. The number of hydrogen-bond acceptors (Lipinski definition) is 1. The van der Waals surface area contributed by atoms with Crippen LogP contribution in [0, 0.1) is 0 Å². The highest BCUT2D eigenvalue weighted by atomic mass is 35.5. The van der Waals surface area contributed by atoms with Gasteiger partial charge in [0.05, 0.1) is 0 Å². The molecule has 0 aromatic rings. The zero-order chi connectivity index (χ0) is 8.48. The average Bonchev–Trinajstić information content (AvgIpc) is 1.86. The van der Waals surface area contributed by atoms with E-state index in [0.717, 1.165) is 0 Å². The zero-order valence-electron chi connectivity index (χ0n) is 5.55. The first-order valence-electron chi connectivity index (χ1n) is 3.01. The number of carboxylic acids is 1. The third-order valence-corrected chi connectivity index (χ3v) is 1.84. The van der Waals surface area contributed by atoms with E-state index in [2.05, 4.69) is 0 Å². The minimum Gasteiger partial charge on any atom is -0.480 e. The lowest BCUT2D eigenvalue weighted by Gasteiger charge is -2.18. The van der Waals surface area contributed by atoms with Crippen LogP contribution in [0.5, 0.6) is 0 Å². The predicted molar refractivity (Wildman–Crippen MR) is 39.2 cm³/mol. The Kier molecular flexibility index (Phi) is 2.00. The molecule has 4 heteroatoms. The van der Waals surface area contributed by atoms with Crippen LogP contribution in [0.3, 0.4) is 0 Å². The SMILES string of the molecule is O=C(O)C1(Cl)C=CC=C(F)C1. The minimum absolute atomic E-state index is 0.277. The number of carbonyl (C=O) groups is 1. The van der Waals surface area contributed by atoms with Crippen molar-refractivity contribution in [3.05, 3.63) is 24.1 Å². The molecule has 0 aromatic carbocycles. The Bertz CT molecular complexity index is 247. The first-order valence-corrected chi connectivity index (χ1v) is 3.38. The average molecular weight is 177 g/mol. The third kappa shape index (κ3) is 1.60. The van der Waals surface area contributed by atoms with Gasteiger partial charge in [-0.2, -0.15) is 0 Å². The molecule has 1 N–H and O–H groups in total. The quantitative estimate of drug-likeness (QED) is 0.620. The van der Waals surface area contributed by atoms with E-state index in [4.69, 9.17) is 16.7 Å². The predicted octanol–water partition coefficient (Wildman–Crippen LogP) is 1.86. The number of hydrogen-bond donors (Lipinski definition) is 1. The van der Waals surface area contributed by atoms with Crippen molar-refractivity contribution in [3.63, 3.8) is 0 Å². The van der Waals surface area contributed by atoms with E-state index < -0.39 is 16.7 Å². The van der Waals surface area contributed by atoms with Crippen molar-refractivity contribution in [2.45, 2.75) is 11.3 Å². The normalized spacial score (nSPS) is 29.8. The van der Waals surface area contributed by atoms with Crippen LogP contribution in [0.1, 0.15) is 6.42 Å². The number of allylic oxidation sites excluding steroid dienone is 3. The lowest BCUT2D eigenvalue weighted by molar-refractivity contribution is -0.138. The summed E-state index contributed by atoms with van der Waals surface area (Å²) in [5.74, 6) is -1.73. The molecule has 0 bridgehead atoms. The van der Waals surface area contributed by atoms with E-state index >= 15 is 0 Å². The van der Waals surface area contributed by atoms with Crippen LogP contribution < -0.4 is 0 Å². The maximum atomic E-state index is 12.5. The van der Waals surface area contributed by atoms with Crippen molar-refractivity contribution in [1.29, 1.82) is 0 Å². The van der Waals surface area contributed by atoms with Crippen molar-refractivity contribution < 1.29 is 14.3 Å². The molecule has 0 aliphatic heterocycles. The highest BCUT2D eigenvalue weighted by Gasteiger charge is 2.35. The van der Waals surface area contributed by atoms with Gasteiger partial charge in [0.1, 0.15) is 5.83 Å². The van der Waals surface area contributed by atoms with Gasteiger partial charge in [0.15, 0.2) is 4.87 Å². The van der Waals surface area contributed by atoms with Crippen LogP contribution in [0.4, 0.5) is 4.39 Å². The van der Waals surface area contributed by atoms with Gasteiger partial charge in [0.2, 0.25) is 0 Å². The van der Waals surface area contributed by atoms with Gasteiger partial charge < -0.3 is 5.11 Å². The fourth-order valence-corrected chi connectivity index (χ4v) is 1.02. The molecule has 0 radical (unpaired) electrons. The second-order valence-electron chi connectivity index (χ2n) is 2.32. The van der Waals surface area contributed by atoms with Crippen molar-refractivity contribution in [3.8, 4) is 0 Å². The van der Waals surface area contributed by atoms with E-state index in [-0.39, 0.29) is 6.42 Å². The summed E-state index contributed by atoms with van der Waals surface area (Å²) in [5, 5.41) is 8.54. The summed E-state index contributed by atoms with van der Waals surface area (Å²) in [6.07, 6.45) is 3.49. The fraction of sp³-hybridized carbons (Fsp3) is 0.286. The van der Waals surface area contributed by atoms with E-state index in [1.807, 2.05) is 0 Å². The van der Waals surface area contributed by atoms with Crippen LogP contribution in [-0.4, -0.2) is 16.0 Å². The van der Waals surface area contributed by atoms with Gasteiger partial charge in [-0.1, -0.05) is 12.2 Å². The molecule has 0 saturated carbocycles. The highest BCUT2D eigenvalue weighted by molar-refractivity contribution is 6.35. The molecule has 2 nitrogen and oxygen atoms in total. The topological polar surface area (TPSA) is 37.3 Å². The highest BCUT2D eigenvalue weighted by Crippen LogP contribution is 2.30. The van der Waals surface area contributed by atoms with E-state index in [9.17, 15) is 9.18 Å². The number of rotatable bonds is 1. The van der Waals surface area contributed by atoms with E-state index in [1.54, 1.807) is 0 Å². The van der Waals surface area contributed by atoms with Gasteiger partial charge in [0.25, 0.3) is 0 Å². The number of alkyl halides is 1. The molecule has 1 aliphatic rings. The van der Waals surface area contributed by atoms with Crippen LogP contribution in [0.2, 0.25) is 0 Å². The fourth-order valence-electron chi connectivity index (χ4n) is 0.816. The summed E-state index contributed by atoms with van der Waals surface area (Å²) in [7, 11) is 0. The van der Waals surface area contributed by atoms with Gasteiger partial charge in [-0.25, -0.2) is 9.18 Å². The van der Waals surface area contributed by atoms with Crippen LogP contribution in [0.25, 0.3) is 0 Å². The van der Waals surface area contributed by atoms with Crippen molar-refractivity contribution in [2.24, 2.45) is 0 Å². The first kappa shape index (κ1) is 8.27. The minimum atomic E-state index is -1.58. The molecule has 1 atom stereocenters. The molecule has 11 heavy (non-hydrogen) atoms. The molecule has 0 spiro atoms. The van der Waals surface area contributed by atoms with Crippen molar-refractivity contribution in [1.82, 2.24) is 0 Å². The molecule has 0 amide bonds. The Hall–Kier alpha value is -0.830. The third-order valence-electron chi connectivity index (χ3n) is 1.42. The van der Waals surface area contributed by atoms with Gasteiger partial charge in [0, 0.05) is 6.42 Å². The lowest BCUT2D eigenvalue weighted by Crippen LogP contribution is -2.31. The smallest absolute Gasteiger partial charge is 0.329 e. The Morgan fingerprint density at radius 1 is 1.82 bits per heavy atom. The van der Waals surface area contributed by atoms with Crippen molar-refractivity contribution in [2.75, 3.05) is 0 Å². The Morgan fingerprint density at radius 2 is 2.45 bits per heavy atom. The molecule has 1 aliphatic carbocycles. The van der Waals surface area contributed by atoms with Gasteiger partial charge in [-0.05, 0) is 6.08 Å². The van der Waals surface area contributed by atoms with Gasteiger partial charge in [-0.15, -0.1) is 11.6 Å². The first-order chi connectivity index (χ1) is 5.04. The van der Waals surface area contributed by atoms with E-state index in [1.165, 1.54) is 18.2 Å². The summed E-state index contributed by atoms with van der Waals surface area (Å²) >= 11 is 5.54. The zero-order valence-corrected chi connectivity index (χ0v) is 6.31. The Labute approximate surface area is 68.0 Å². The molecule has 1 unspecified atom stereocenters. The molecule has 0 heterocycles. The summed E-state index contributed by atoms with van der Waals surface area (Å²) in [4.78, 5) is 8.86. The molecule has 60 valence electrons. The summed E-state index contributed by atoms with van der Waals surface area (Å²) in [5.41, 5.74) is 0. The molecule has 0 aromatic heterocycles. The summed E-state index contributed by atoms with van der Waals surface area (Å²) in [6.45, 7) is 0. The van der Waals surface area contributed by atoms with Gasteiger partial charge >= 0.3 is 5.97 Å².